The lowest BCUT2D eigenvalue weighted by molar-refractivity contribution is -0.123. The lowest BCUT2D eigenvalue weighted by Gasteiger charge is -2.23. The molecule has 21 heavy (non-hydrogen) atoms. The van der Waals surface area contributed by atoms with Crippen molar-refractivity contribution in [3.05, 3.63) is 24.0 Å². The van der Waals surface area contributed by atoms with Crippen LogP contribution < -0.4 is 16.8 Å². The third kappa shape index (κ3) is 3.49. The molecule has 7 heteroatoms. The molecule has 0 aromatic heterocycles. The number of nitrogen functional groups attached to an aromatic ring is 1. The van der Waals surface area contributed by atoms with Gasteiger partial charge in [0.2, 0.25) is 11.8 Å². The van der Waals surface area contributed by atoms with Crippen molar-refractivity contribution in [2.45, 2.75) is 19.4 Å². The number of nitrogens with two attached hydrogens (primary N) is 2. The largest absolute Gasteiger partial charge is 0.397 e. The molecule has 0 aliphatic carbocycles. The average Bonchev–Trinajstić information content (AvgIpc) is 2.90. The van der Waals surface area contributed by atoms with Crippen molar-refractivity contribution < 1.29 is 14.0 Å². The van der Waals surface area contributed by atoms with Gasteiger partial charge in [-0.3, -0.25) is 14.5 Å². The Balaban J connectivity index is 1.98. The van der Waals surface area contributed by atoms with Crippen LogP contribution in [0.1, 0.15) is 13.3 Å². The first-order valence-electron chi connectivity index (χ1n) is 6.77. The van der Waals surface area contributed by atoms with Crippen LogP contribution in [0, 0.1) is 11.7 Å². The molecule has 0 saturated carbocycles. The van der Waals surface area contributed by atoms with Crippen molar-refractivity contribution in [3.8, 4) is 0 Å². The van der Waals surface area contributed by atoms with E-state index in [0.717, 1.165) is 6.07 Å². The minimum atomic E-state index is -0.456. The van der Waals surface area contributed by atoms with Crippen LogP contribution in [0.3, 0.4) is 0 Å². The third-order valence-corrected chi connectivity index (χ3v) is 3.82. The van der Waals surface area contributed by atoms with Crippen LogP contribution in [0.15, 0.2) is 18.2 Å². The Morgan fingerprint density at radius 3 is 2.76 bits per heavy atom. The predicted molar refractivity (Wildman–Crippen MR) is 77.8 cm³/mol. The highest BCUT2D eigenvalue weighted by molar-refractivity contribution is 5.97. The summed E-state index contributed by atoms with van der Waals surface area (Å²) in [7, 11) is 0. The van der Waals surface area contributed by atoms with Crippen molar-refractivity contribution in [1.29, 1.82) is 0 Å². The molecule has 0 bridgehead atoms. The van der Waals surface area contributed by atoms with Gasteiger partial charge in [0.15, 0.2) is 0 Å². The average molecular weight is 294 g/mol. The number of rotatable bonds is 4. The minimum absolute atomic E-state index is 0.173. The Bertz CT molecular complexity index is 564. The topological polar surface area (TPSA) is 101 Å². The summed E-state index contributed by atoms with van der Waals surface area (Å²) in [4.78, 5) is 25.2. The monoisotopic (exact) mass is 294 g/mol. The molecule has 1 saturated heterocycles. The minimum Gasteiger partial charge on any atom is -0.397 e. The maximum absolute atomic E-state index is 13.0. The second kappa shape index (κ2) is 6.09. The normalized spacial score (nSPS) is 20.2. The van der Waals surface area contributed by atoms with Crippen molar-refractivity contribution in [1.82, 2.24) is 4.90 Å². The zero-order chi connectivity index (χ0) is 15.6. The molecule has 1 aliphatic rings. The summed E-state index contributed by atoms with van der Waals surface area (Å²) < 4.78 is 13.0. The lowest BCUT2D eigenvalue weighted by Crippen LogP contribution is -2.41. The highest BCUT2D eigenvalue weighted by Crippen LogP contribution is 2.22. The van der Waals surface area contributed by atoms with Crippen molar-refractivity contribution in [2.24, 2.45) is 11.7 Å². The van der Waals surface area contributed by atoms with Gasteiger partial charge in [0.05, 0.1) is 23.3 Å². The molecule has 5 N–H and O–H groups in total. The number of hydrogen-bond acceptors (Lipinski definition) is 4. The molecule has 1 fully saturated rings. The molecule has 6 nitrogen and oxygen atoms in total. The van der Waals surface area contributed by atoms with Gasteiger partial charge in [0, 0.05) is 6.54 Å². The molecule has 2 amide bonds. The Morgan fingerprint density at radius 2 is 2.19 bits per heavy atom. The summed E-state index contributed by atoms with van der Waals surface area (Å²) in [5.41, 5.74) is 11.5. The van der Waals surface area contributed by atoms with E-state index < -0.39 is 11.9 Å². The number of carbonyl (C=O) groups excluding carboxylic acids is 2. The molecule has 2 rings (SSSR count). The first-order valence-corrected chi connectivity index (χ1v) is 6.77. The molecule has 2 atom stereocenters. The summed E-state index contributed by atoms with van der Waals surface area (Å²) in [5.74, 6) is -1.26. The molecule has 1 heterocycles. The third-order valence-electron chi connectivity index (χ3n) is 3.82. The van der Waals surface area contributed by atoms with E-state index in [1.54, 1.807) is 6.92 Å². The number of halogens is 1. The number of primary amides is 1. The van der Waals surface area contributed by atoms with Crippen LogP contribution >= 0.6 is 0 Å². The summed E-state index contributed by atoms with van der Waals surface area (Å²) in [5, 5.41) is 2.67. The van der Waals surface area contributed by atoms with Crippen molar-refractivity contribution in [3.63, 3.8) is 0 Å². The molecule has 1 aromatic carbocycles. The highest BCUT2D eigenvalue weighted by atomic mass is 19.1. The number of amides is 2. The van der Waals surface area contributed by atoms with Crippen LogP contribution in [-0.4, -0.2) is 35.8 Å². The number of carbonyl (C=O) groups is 2. The van der Waals surface area contributed by atoms with E-state index in [0.29, 0.717) is 25.2 Å². The number of likely N-dealkylation sites (tertiary alicyclic amines) is 1. The second-order valence-corrected chi connectivity index (χ2v) is 5.28. The summed E-state index contributed by atoms with van der Waals surface area (Å²) in [6, 6.07) is 3.39. The van der Waals surface area contributed by atoms with Crippen LogP contribution in [0.4, 0.5) is 15.8 Å². The Labute approximate surface area is 122 Å². The lowest BCUT2D eigenvalue weighted by atomic mass is 10.1. The second-order valence-electron chi connectivity index (χ2n) is 5.28. The van der Waals surface area contributed by atoms with Gasteiger partial charge < -0.3 is 16.8 Å². The van der Waals surface area contributed by atoms with Crippen molar-refractivity contribution >= 4 is 23.2 Å². The van der Waals surface area contributed by atoms with E-state index in [9.17, 15) is 14.0 Å². The van der Waals surface area contributed by atoms with E-state index in [1.165, 1.54) is 12.1 Å². The van der Waals surface area contributed by atoms with E-state index in [-0.39, 0.29) is 23.4 Å². The SMILES string of the molecule is CC(C(=O)Nc1ccc(F)cc1N)N1CCC(C(N)=O)C1. The van der Waals surface area contributed by atoms with Crippen LogP contribution in [0.25, 0.3) is 0 Å². The standard InChI is InChI=1S/C14H19FN4O2/c1-8(19-5-4-9(7-19)13(17)20)14(21)18-12-3-2-10(15)6-11(12)16/h2-3,6,8-9H,4-5,7,16H2,1H3,(H2,17,20)(H,18,21). The number of anilines is 2. The summed E-state index contributed by atoms with van der Waals surface area (Å²) >= 11 is 0. The van der Waals surface area contributed by atoms with Gasteiger partial charge >= 0.3 is 0 Å². The fourth-order valence-electron chi connectivity index (χ4n) is 2.42. The Kier molecular flexibility index (Phi) is 4.42. The van der Waals surface area contributed by atoms with Gasteiger partial charge in [-0.25, -0.2) is 4.39 Å². The molecule has 2 unspecified atom stereocenters. The smallest absolute Gasteiger partial charge is 0.241 e. The van der Waals surface area contributed by atoms with Crippen molar-refractivity contribution in [2.75, 3.05) is 24.1 Å². The zero-order valence-corrected chi connectivity index (χ0v) is 11.8. The van der Waals surface area contributed by atoms with Gasteiger partial charge in [-0.2, -0.15) is 0 Å². The molecule has 1 aliphatic heterocycles. The van der Waals surface area contributed by atoms with Gasteiger partial charge in [-0.15, -0.1) is 0 Å². The maximum atomic E-state index is 13.0. The van der Waals surface area contributed by atoms with Gasteiger partial charge in [0.25, 0.3) is 0 Å². The highest BCUT2D eigenvalue weighted by Gasteiger charge is 2.32. The first kappa shape index (κ1) is 15.2. The van der Waals surface area contributed by atoms with Gasteiger partial charge in [0.1, 0.15) is 5.82 Å². The van der Waals surface area contributed by atoms with Gasteiger partial charge in [-0.05, 0) is 38.1 Å². The molecular formula is C14H19FN4O2. The molecule has 0 spiro atoms. The molecule has 0 radical (unpaired) electrons. The Hall–Kier alpha value is -2.15. The number of nitrogens with one attached hydrogen (secondary N) is 1. The Morgan fingerprint density at radius 1 is 1.48 bits per heavy atom. The van der Waals surface area contributed by atoms with Gasteiger partial charge in [-0.1, -0.05) is 0 Å². The number of nitrogens with zero attached hydrogens (tertiary/aromatic N) is 1. The number of hydrogen-bond donors (Lipinski definition) is 3. The summed E-state index contributed by atoms with van der Waals surface area (Å²) in [6.07, 6.45) is 0.658. The quantitative estimate of drug-likeness (QED) is 0.705. The molecule has 114 valence electrons. The number of benzene rings is 1. The molecular weight excluding hydrogens is 275 g/mol. The molecule has 1 aromatic rings. The van der Waals surface area contributed by atoms with E-state index in [4.69, 9.17) is 11.5 Å². The van der Waals surface area contributed by atoms with E-state index in [1.807, 2.05) is 4.90 Å². The van der Waals surface area contributed by atoms with Crippen LogP contribution in [-0.2, 0) is 9.59 Å². The zero-order valence-electron chi connectivity index (χ0n) is 11.8. The predicted octanol–water partition coefficient (Wildman–Crippen LogP) is 0.542. The van der Waals surface area contributed by atoms with E-state index in [2.05, 4.69) is 5.32 Å². The first-order chi connectivity index (χ1) is 9.88. The van der Waals surface area contributed by atoms with E-state index >= 15 is 0 Å². The fraction of sp³-hybridized carbons (Fsp3) is 0.429. The fourth-order valence-corrected chi connectivity index (χ4v) is 2.42. The summed E-state index contributed by atoms with van der Waals surface area (Å²) in [6.45, 7) is 2.86. The van der Waals surface area contributed by atoms with Crippen LogP contribution in [0.2, 0.25) is 0 Å². The van der Waals surface area contributed by atoms with Crippen LogP contribution in [0.5, 0.6) is 0 Å². The maximum Gasteiger partial charge on any atom is 0.241 e.